The maximum atomic E-state index is 11.0. The van der Waals surface area contributed by atoms with Crippen LogP contribution in [0.15, 0.2) is 0 Å². The van der Waals surface area contributed by atoms with Gasteiger partial charge in [0.15, 0.2) is 12.1 Å². The maximum absolute atomic E-state index is 11.0. The molecule has 0 aromatic rings. The molecule has 0 aliphatic carbocycles. The van der Waals surface area contributed by atoms with Gasteiger partial charge in [-0.2, -0.15) is 0 Å². The predicted molar refractivity (Wildman–Crippen MR) is 42.7 cm³/mol. The predicted octanol–water partition coefficient (Wildman–Crippen LogP) is -1.35. The summed E-state index contributed by atoms with van der Waals surface area (Å²) in [6, 6.07) is 0. The molecular weight excluding hydrogens is 176 g/mol. The number of ether oxygens (including phenoxy) is 1. The summed E-state index contributed by atoms with van der Waals surface area (Å²) in [5.74, 6) is -0.770. The Labute approximate surface area is 75.9 Å². The second-order valence-corrected chi connectivity index (χ2v) is 3.40. The average Bonchev–Trinajstić information content (AvgIpc) is 2.07. The Morgan fingerprint density at radius 3 is 2.23 bits per heavy atom. The van der Waals surface area contributed by atoms with Gasteiger partial charge in [0.1, 0.15) is 12.2 Å². The number of ketones is 1. The van der Waals surface area contributed by atoms with Crippen molar-refractivity contribution in [2.45, 2.75) is 38.4 Å². The van der Waals surface area contributed by atoms with Crippen molar-refractivity contribution in [3.05, 3.63) is 0 Å². The zero-order valence-corrected chi connectivity index (χ0v) is 7.54. The molecule has 5 heteroatoms. The van der Waals surface area contributed by atoms with Crippen molar-refractivity contribution in [3.63, 3.8) is 0 Å². The molecule has 5 nitrogen and oxygen atoms in total. The highest BCUT2D eigenvalue weighted by Crippen LogP contribution is 2.25. The van der Waals surface area contributed by atoms with Crippen LogP contribution < -0.4 is 0 Å². The number of carbonyl (C=O) groups excluding carboxylic acids is 1. The van der Waals surface area contributed by atoms with Crippen LogP contribution in [0.4, 0.5) is 0 Å². The third-order valence-corrected chi connectivity index (χ3v) is 2.35. The van der Waals surface area contributed by atoms with E-state index in [0.29, 0.717) is 0 Å². The first-order chi connectivity index (χ1) is 5.95. The minimum atomic E-state index is -1.49. The fraction of sp³-hybridized carbons (Fsp3) is 0.875. The fourth-order valence-corrected chi connectivity index (χ4v) is 1.48. The van der Waals surface area contributed by atoms with E-state index < -0.39 is 30.5 Å². The molecule has 0 amide bonds. The van der Waals surface area contributed by atoms with Gasteiger partial charge >= 0.3 is 0 Å². The van der Waals surface area contributed by atoms with Gasteiger partial charge in [-0.05, 0) is 6.92 Å². The van der Waals surface area contributed by atoms with Gasteiger partial charge in [0.05, 0.1) is 6.10 Å². The van der Waals surface area contributed by atoms with Crippen molar-refractivity contribution in [2.24, 2.45) is 5.92 Å². The summed E-state index contributed by atoms with van der Waals surface area (Å²) in [7, 11) is 0. The molecule has 3 N–H and O–H groups in total. The summed E-state index contributed by atoms with van der Waals surface area (Å²) in [4.78, 5) is 11.0. The molecular formula is C8H14O5. The first-order valence-corrected chi connectivity index (χ1v) is 4.15. The molecule has 13 heavy (non-hydrogen) atoms. The topological polar surface area (TPSA) is 87.0 Å². The summed E-state index contributed by atoms with van der Waals surface area (Å²) in [5.41, 5.74) is 0. The number of aliphatic hydroxyl groups is 3. The average molecular weight is 190 g/mol. The summed E-state index contributed by atoms with van der Waals surface area (Å²) in [5, 5.41) is 27.7. The molecule has 0 aromatic carbocycles. The lowest BCUT2D eigenvalue weighted by molar-refractivity contribution is -0.260. The van der Waals surface area contributed by atoms with Gasteiger partial charge in [0, 0.05) is 5.92 Å². The monoisotopic (exact) mass is 190 g/mol. The minimum absolute atomic E-state index is 0.266. The Bertz CT molecular complexity index is 205. The Morgan fingerprint density at radius 2 is 1.77 bits per heavy atom. The largest absolute Gasteiger partial charge is 0.390 e. The Morgan fingerprint density at radius 1 is 1.23 bits per heavy atom. The third kappa shape index (κ3) is 1.88. The van der Waals surface area contributed by atoms with E-state index in [1.165, 1.54) is 6.92 Å². The summed E-state index contributed by atoms with van der Waals surface area (Å²) >= 11 is 0. The Kier molecular flexibility index (Phi) is 3.02. The van der Waals surface area contributed by atoms with E-state index in [9.17, 15) is 15.0 Å². The molecule has 0 spiro atoms. The number of hydrogen-bond acceptors (Lipinski definition) is 5. The molecule has 0 saturated carbocycles. The van der Waals surface area contributed by atoms with Crippen molar-refractivity contribution in [1.82, 2.24) is 0 Å². The normalized spacial score (nSPS) is 46.1. The van der Waals surface area contributed by atoms with Crippen LogP contribution in [0.3, 0.4) is 0 Å². The molecule has 1 rings (SSSR count). The van der Waals surface area contributed by atoms with Crippen LogP contribution in [-0.2, 0) is 9.53 Å². The van der Waals surface area contributed by atoms with Crippen LogP contribution in [-0.4, -0.2) is 45.7 Å². The lowest BCUT2D eigenvalue weighted by Gasteiger charge is -2.38. The van der Waals surface area contributed by atoms with E-state index in [-0.39, 0.29) is 5.78 Å². The molecule has 1 aliphatic rings. The zero-order valence-electron chi connectivity index (χ0n) is 7.54. The van der Waals surface area contributed by atoms with Crippen LogP contribution in [0.5, 0.6) is 0 Å². The van der Waals surface area contributed by atoms with E-state index in [2.05, 4.69) is 0 Å². The van der Waals surface area contributed by atoms with E-state index >= 15 is 0 Å². The van der Waals surface area contributed by atoms with Crippen LogP contribution in [0, 0.1) is 5.92 Å². The molecule has 76 valence electrons. The summed E-state index contributed by atoms with van der Waals surface area (Å²) in [6.45, 7) is 2.91. The van der Waals surface area contributed by atoms with Crippen LogP contribution >= 0.6 is 0 Å². The van der Waals surface area contributed by atoms with Crippen molar-refractivity contribution in [1.29, 1.82) is 0 Å². The van der Waals surface area contributed by atoms with Crippen molar-refractivity contribution in [2.75, 3.05) is 0 Å². The fourth-order valence-electron chi connectivity index (χ4n) is 1.48. The molecule has 0 unspecified atom stereocenters. The molecule has 0 radical (unpaired) electrons. The van der Waals surface area contributed by atoms with Gasteiger partial charge in [-0.1, -0.05) is 6.92 Å². The highest BCUT2D eigenvalue weighted by Gasteiger charge is 2.43. The number of aliphatic hydroxyl groups excluding tert-OH is 3. The van der Waals surface area contributed by atoms with Crippen molar-refractivity contribution >= 4 is 5.78 Å². The third-order valence-electron chi connectivity index (χ3n) is 2.35. The van der Waals surface area contributed by atoms with Gasteiger partial charge in [-0.3, -0.25) is 4.79 Å². The quantitative estimate of drug-likeness (QED) is 0.476. The van der Waals surface area contributed by atoms with Gasteiger partial charge in [-0.25, -0.2) is 0 Å². The summed E-state index contributed by atoms with van der Waals surface area (Å²) < 4.78 is 4.84. The SMILES string of the molecule is CC(=O)[C@H]1O[C@@H](O)[C@H](O)[C@@H](O)[C@@H]1C. The highest BCUT2D eigenvalue weighted by atomic mass is 16.6. The molecule has 1 fully saturated rings. The van der Waals surface area contributed by atoms with E-state index in [4.69, 9.17) is 9.84 Å². The number of hydrogen-bond donors (Lipinski definition) is 3. The molecule has 0 bridgehead atoms. The van der Waals surface area contributed by atoms with Crippen LogP contribution in [0.25, 0.3) is 0 Å². The first kappa shape index (κ1) is 10.6. The number of Topliss-reactive ketones (excluding diaryl/α,β-unsaturated/α-hetero) is 1. The molecule has 1 aliphatic heterocycles. The Balaban J connectivity index is 2.76. The van der Waals surface area contributed by atoms with Gasteiger partial charge in [0.25, 0.3) is 0 Å². The van der Waals surface area contributed by atoms with Gasteiger partial charge in [0.2, 0.25) is 0 Å². The molecule has 1 heterocycles. The van der Waals surface area contributed by atoms with E-state index in [1.54, 1.807) is 6.92 Å². The van der Waals surface area contributed by atoms with E-state index in [0.717, 1.165) is 0 Å². The second-order valence-electron chi connectivity index (χ2n) is 3.40. The minimum Gasteiger partial charge on any atom is -0.390 e. The molecule has 0 aromatic heterocycles. The Hall–Kier alpha value is -0.490. The van der Waals surface area contributed by atoms with Gasteiger partial charge < -0.3 is 20.1 Å². The lowest BCUT2D eigenvalue weighted by atomic mass is 9.89. The van der Waals surface area contributed by atoms with Gasteiger partial charge in [-0.15, -0.1) is 0 Å². The molecule has 5 atom stereocenters. The number of carbonyl (C=O) groups is 1. The molecule has 1 saturated heterocycles. The van der Waals surface area contributed by atoms with Crippen LogP contribution in [0.1, 0.15) is 13.8 Å². The standard InChI is InChI=1S/C8H14O5/c1-3-5(10)6(11)8(12)13-7(3)4(2)9/h3,5-8,10-12H,1-2H3/t3-,5-,6+,7-,8+/m0/s1. The van der Waals surface area contributed by atoms with E-state index in [1.807, 2.05) is 0 Å². The maximum Gasteiger partial charge on any atom is 0.184 e. The zero-order chi connectivity index (χ0) is 10.2. The summed E-state index contributed by atoms with van der Waals surface area (Å²) in [6.07, 6.45) is -4.79. The second kappa shape index (κ2) is 3.71. The van der Waals surface area contributed by atoms with Crippen LogP contribution in [0.2, 0.25) is 0 Å². The van der Waals surface area contributed by atoms with Crippen molar-refractivity contribution < 1.29 is 24.9 Å². The van der Waals surface area contributed by atoms with Crippen molar-refractivity contribution in [3.8, 4) is 0 Å². The smallest absolute Gasteiger partial charge is 0.184 e. The first-order valence-electron chi connectivity index (χ1n) is 4.15. The highest BCUT2D eigenvalue weighted by molar-refractivity contribution is 5.81. The lowest BCUT2D eigenvalue weighted by Crippen LogP contribution is -2.55. The number of rotatable bonds is 1.